The van der Waals surface area contributed by atoms with E-state index in [9.17, 15) is 14.4 Å². The van der Waals surface area contributed by atoms with Crippen LogP contribution in [0.15, 0.2) is 0 Å². The van der Waals surface area contributed by atoms with Crippen LogP contribution in [-0.4, -0.2) is 74.0 Å². The molecule has 9 nitrogen and oxygen atoms in total. The number of piperidine rings is 3. The van der Waals surface area contributed by atoms with Crippen LogP contribution in [0.4, 0.5) is 0 Å². The fourth-order valence-electron chi connectivity index (χ4n) is 21.3. The second-order valence-electron chi connectivity index (χ2n) is 41.1. The Bertz CT molecular complexity index is 2160. The van der Waals surface area contributed by atoms with Crippen molar-refractivity contribution in [3.05, 3.63) is 0 Å². The van der Waals surface area contributed by atoms with Crippen molar-refractivity contribution in [1.29, 1.82) is 0 Å². The van der Waals surface area contributed by atoms with Gasteiger partial charge in [0.15, 0.2) is 0 Å². The van der Waals surface area contributed by atoms with Crippen molar-refractivity contribution in [1.82, 2.24) is 16.0 Å². The quantitative estimate of drug-likeness (QED) is 0.0311. The smallest absolute Gasteiger partial charge is 0.306 e. The Morgan fingerprint density at radius 3 is 0.547 bits per heavy atom. The van der Waals surface area contributed by atoms with Gasteiger partial charge in [-0.2, -0.15) is 0 Å². The minimum atomic E-state index is -0.351. The molecule has 0 spiro atoms. The average Bonchev–Trinajstić information content (AvgIpc) is 0.859. The lowest BCUT2D eigenvalue weighted by atomic mass is 9.78. The van der Waals surface area contributed by atoms with Crippen molar-refractivity contribution < 1.29 is 28.6 Å². The molecule has 3 rings (SSSR count). The third kappa shape index (κ3) is 62.1. The van der Waals surface area contributed by atoms with E-state index in [1.807, 2.05) is 0 Å². The van der Waals surface area contributed by atoms with Gasteiger partial charge in [-0.15, -0.1) is 0 Å². The molecule has 3 saturated heterocycles. The van der Waals surface area contributed by atoms with Gasteiger partial charge in [-0.05, 0) is 162 Å². The summed E-state index contributed by atoms with van der Waals surface area (Å²) in [6.45, 7) is 26.2. The van der Waals surface area contributed by atoms with Gasteiger partial charge in [-0.25, -0.2) is 0 Å². The Morgan fingerprint density at radius 1 is 0.214 bits per heavy atom. The van der Waals surface area contributed by atoms with Gasteiger partial charge in [0.25, 0.3) is 0 Å². The molecule has 117 heavy (non-hydrogen) atoms. The van der Waals surface area contributed by atoms with Crippen LogP contribution in [0.1, 0.15) is 576 Å². The van der Waals surface area contributed by atoms with Gasteiger partial charge in [-0.1, -0.05) is 457 Å². The Kier molecular flexibility index (Phi) is 71.8. The first-order chi connectivity index (χ1) is 57.1. The average molecular weight is 1650 g/mol. The Morgan fingerprint density at radius 2 is 0.368 bits per heavy atom. The van der Waals surface area contributed by atoms with Gasteiger partial charge in [0, 0.05) is 37.0 Å². The minimum Gasteiger partial charge on any atom is -0.459 e. The van der Waals surface area contributed by atoms with Crippen LogP contribution in [0.2, 0.25) is 0 Å². The largest absolute Gasteiger partial charge is 0.459 e. The van der Waals surface area contributed by atoms with E-state index in [-0.39, 0.29) is 34.7 Å². The van der Waals surface area contributed by atoms with Gasteiger partial charge >= 0.3 is 17.9 Å². The SMILES string of the molecule is CCCCCCCCCCCCCCCCCCC(CCCCCCCCCC(=O)OC(C)(C)C1CCNCC1)C(CCCC)CCCCCCCCCCCCC(CCCCCCCCCC(=O)OC(C)(C)C1CCNCC1)C(CCC)CCCCCCCCCCCCCCCCCCCCCCC(=O)OC(C)(C)C1CCNCC1. The number of rotatable bonds is 86. The molecule has 692 valence electrons. The standard InChI is InChI=1S/C108H209N3O6/c1-10-13-15-16-17-18-19-20-21-28-32-35-40-49-58-68-79-99(80-69-60-51-45-54-63-72-83-105(114)117-108(8,9)102-88-94-111-95-89-102)97(74-14-11-2)76-65-56-47-41-37-38-42-48-57-66-77-98(78-67-59-50-44-53-62-71-82-104(113)116-107(6,7)101-86-92-110-93-87-101)96(73-12-3)75-64-55-46-39-34-31-29-26-24-22-23-25-27-30-33-36-43-52-61-70-81-103(112)115-106(4,5)100-84-90-109-91-85-100/h96-102,109-111H,10-95H2,1-9H3. The summed E-state index contributed by atoms with van der Waals surface area (Å²) in [7, 11) is 0. The predicted molar refractivity (Wildman–Crippen MR) is 510 cm³/mol. The minimum absolute atomic E-state index is 0.00554. The summed E-state index contributed by atoms with van der Waals surface area (Å²) in [6.07, 6.45) is 107. The number of esters is 3. The first-order valence-corrected chi connectivity index (χ1v) is 53.9. The Labute approximate surface area is 731 Å². The molecular formula is C108H209N3O6. The maximum atomic E-state index is 12.9. The summed E-state index contributed by atoms with van der Waals surface area (Å²) in [4.78, 5) is 38.3. The predicted octanol–water partition coefficient (Wildman–Crippen LogP) is 33.3. The number of hydrogen-bond acceptors (Lipinski definition) is 9. The second-order valence-corrected chi connectivity index (χ2v) is 41.1. The molecule has 0 aromatic rings. The summed E-state index contributed by atoms with van der Waals surface area (Å²) < 4.78 is 18.1. The third-order valence-corrected chi connectivity index (χ3v) is 29.5. The fourth-order valence-corrected chi connectivity index (χ4v) is 21.3. The highest BCUT2D eigenvalue weighted by atomic mass is 16.6. The zero-order valence-electron chi connectivity index (χ0n) is 80.8. The van der Waals surface area contributed by atoms with Crippen molar-refractivity contribution in [3.8, 4) is 0 Å². The Hall–Kier alpha value is -1.71. The van der Waals surface area contributed by atoms with E-state index < -0.39 is 0 Å². The molecule has 0 aromatic heterocycles. The fraction of sp³-hybridized carbons (Fsp3) is 0.972. The number of carbonyl (C=O) groups excluding carboxylic acids is 3. The molecular weight excluding hydrogens is 1440 g/mol. The van der Waals surface area contributed by atoms with Crippen LogP contribution in [0, 0.1) is 41.4 Å². The van der Waals surface area contributed by atoms with Crippen molar-refractivity contribution >= 4 is 17.9 Å². The Balaban J connectivity index is 1.34. The monoisotopic (exact) mass is 1640 g/mol. The summed E-state index contributed by atoms with van der Waals surface area (Å²) in [6, 6.07) is 0. The van der Waals surface area contributed by atoms with Crippen LogP contribution >= 0.6 is 0 Å². The highest BCUT2D eigenvalue weighted by Gasteiger charge is 2.37. The summed E-state index contributed by atoms with van der Waals surface area (Å²) in [5, 5.41) is 10.3. The molecule has 9 heteroatoms. The third-order valence-electron chi connectivity index (χ3n) is 29.5. The van der Waals surface area contributed by atoms with Crippen molar-refractivity contribution in [3.63, 3.8) is 0 Å². The molecule has 3 N–H and O–H groups in total. The molecule has 0 saturated carbocycles. The highest BCUT2D eigenvalue weighted by molar-refractivity contribution is 5.70. The summed E-state index contributed by atoms with van der Waals surface area (Å²) >= 11 is 0. The van der Waals surface area contributed by atoms with E-state index in [2.05, 4.69) is 78.3 Å². The molecule has 3 fully saturated rings. The van der Waals surface area contributed by atoms with Crippen LogP contribution in [0.5, 0.6) is 0 Å². The maximum absolute atomic E-state index is 12.9. The molecule has 3 aliphatic heterocycles. The van der Waals surface area contributed by atoms with E-state index in [0.717, 1.165) is 140 Å². The molecule has 3 aliphatic rings. The second kappa shape index (κ2) is 76.7. The van der Waals surface area contributed by atoms with E-state index in [1.54, 1.807) is 0 Å². The molecule has 0 aliphatic carbocycles. The highest BCUT2D eigenvalue weighted by Crippen LogP contribution is 2.38. The van der Waals surface area contributed by atoms with Crippen LogP contribution < -0.4 is 16.0 Å². The first kappa shape index (κ1) is 109. The molecule has 4 atom stereocenters. The van der Waals surface area contributed by atoms with Gasteiger partial charge in [0.1, 0.15) is 16.8 Å². The first-order valence-electron chi connectivity index (χ1n) is 53.9. The van der Waals surface area contributed by atoms with Gasteiger partial charge < -0.3 is 30.2 Å². The molecule has 4 unspecified atom stereocenters. The number of hydrogen-bond donors (Lipinski definition) is 3. The molecule has 0 radical (unpaired) electrons. The molecule has 0 amide bonds. The van der Waals surface area contributed by atoms with E-state index in [1.165, 1.54) is 417 Å². The lowest BCUT2D eigenvalue weighted by Crippen LogP contribution is -2.42. The number of carbonyl (C=O) groups is 3. The summed E-state index contributed by atoms with van der Waals surface area (Å²) in [5.41, 5.74) is -1.03. The zero-order chi connectivity index (χ0) is 84.3. The van der Waals surface area contributed by atoms with Crippen LogP contribution in [0.25, 0.3) is 0 Å². The van der Waals surface area contributed by atoms with Gasteiger partial charge in [0.2, 0.25) is 0 Å². The van der Waals surface area contributed by atoms with Gasteiger partial charge in [0.05, 0.1) is 0 Å². The van der Waals surface area contributed by atoms with E-state index in [4.69, 9.17) is 14.2 Å². The lowest BCUT2D eigenvalue weighted by molar-refractivity contribution is -0.164. The summed E-state index contributed by atoms with van der Waals surface area (Å²) in [5.74, 6) is 5.14. The number of ether oxygens (including phenoxy) is 3. The maximum Gasteiger partial charge on any atom is 0.306 e. The van der Waals surface area contributed by atoms with Crippen LogP contribution in [0.3, 0.4) is 0 Å². The molecule has 0 aromatic carbocycles. The lowest BCUT2D eigenvalue weighted by Gasteiger charge is -2.36. The normalized spacial score (nSPS) is 16.1. The van der Waals surface area contributed by atoms with Gasteiger partial charge in [-0.3, -0.25) is 14.4 Å². The van der Waals surface area contributed by atoms with E-state index >= 15 is 0 Å². The van der Waals surface area contributed by atoms with Crippen LogP contribution in [-0.2, 0) is 28.6 Å². The van der Waals surface area contributed by atoms with E-state index in [0.29, 0.717) is 37.0 Å². The number of unbranched alkanes of at least 4 members (excludes halogenated alkanes) is 56. The number of nitrogens with one attached hydrogen (secondary N) is 3. The van der Waals surface area contributed by atoms with Crippen molar-refractivity contribution in [2.75, 3.05) is 39.3 Å². The topological polar surface area (TPSA) is 115 Å². The zero-order valence-corrected chi connectivity index (χ0v) is 80.8. The van der Waals surface area contributed by atoms with Crippen molar-refractivity contribution in [2.24, 2.45) is 41.4 Å². The molecule has 0 bridgehead atoms. The van der Waals surface area contributed by atoms with Crippen molar-refractivity contribution in [2.45, 2.75) is 593 Å². The molecule has 3 heterocycles.